The molecule has 0 radical (unpaired) electrons. The molecule has 6 heterocycles. The van der Waals surface area contributed by atoms with Gasteiger partial charge in [-0.15, -0.1) is 22.7 Å². The molecule has 0 atom stereocenters. The molecule has 666 valence electrons. The number of benzene rings is 21. The van der Waals surface area contributed by atoms with Gasteiger partial charge >= 0.3 is 0 Å². The zero-order valence-corrected chi connectivity index (χ0v) is 80.5. The number of furan rings is 1. The van der Waals surface area contributed by atoms with E-state index in [1.807, 2.05) is 22.7 Å². The van der Waals surface area contributed by atoms with Crippen LogP contribution in [0.1, 0.15) is 74.9 Å². The lowest BCUT2D eigenvalue weighted by molar-refractivity contribution is 0.620. The van der Waals surface area contributed by atoms with Crippen molar-refractivity contribution in [2.45, 2.75) is 57.8 Å². The molecule has 0 N–H and O–H groups in total. The van der Waals surface area contributed by atoms with Crippen molar-refractivity contribution in [1.29, 1.82) is 0 Å². The zero-order chi connectivity index (χ0) is 93.8. The summed E-state index contributed by atoms with van der Waals surface area (Å²) in [5.41, 5.74) is 43.5. The Morgan fingerprint density at radius 2 is 0.511 bits per heavy atom. The summed E-state index contributed by atoms with van der Waals surface area (Å²) in [5, 5.41) is 15.4. The highest BCUT2D eigenvalue weighted by Crippen LogP contribution is 2.59. The smallest absolute Gasteiger partial charge is 0.140 e. The Bertz CT molecular complexity index is 9360. The average Bonchev–Trinajstić information content (AvgIpc) is 1.55. The van der Waals surface area contributed by atoms with E-state index in [1.54, 1.807) is 0 Å². The Morgan fingerprint density at radius 3 is 0.929 bits per heavy atom. The van der Waals surface area contributed by atoms with Crippen molar-refractivity contribution in [3.63, 3.8) is 0 Å². The third-order valence-corrected chi connectivity index (χ3v) is 33.5. The van der Waals surface area contributed by atoms with Crippen LogP contribution >= 0.6 is 22.7 Å². The number of rotatable bonds is 9. The fraction of sp³-hybridized carbons (Fsp3) is 0.0667. The topological polar surface area (TPSA) is 27.9 Å². The van der Waals surface area contributed by atoms with Gasteiger partial charge in [-0.05, 0) is 268 Å². The molecule has 27 aromatic rings. The van der Waals surface area contributed by atoms with Crippen molar-refractivity contribution in [2.24, 2.45) is 0 Å². The van der Waals surface area contributed by atoms with E-state index in [1.165, 1.54) is 261 Å². The molecule has 0 fully saturated rings. The first-order chi connectivity index (χ1) is 69.2. The molecule has 21 aromatic carbocycles. The van der Waals surface area contributed by atoms with E-state index < -0.39 is 0 Å². The van der Waals surface area contributed by atoms with Gasteiger partial charge in [0.05, 0.1) is 33.1 Å². The van der Waals surface area contributed by atoms with Crippen molar-refractivity contribution < 1.29 is 4.42 Å². The predicted octanol–water partition coefficient (Wildman–Crippen LogP) is 37.9. The van der Waals surface area contributed by atoms with E-state index in [2.05, 4.69) is 510 Å². The van der Waals surface area contributed by atoms with Gasteiger partial charge in [0.25, 0.3) is 0 Å². The van der Waals surface area contributed by atoms with E-state index >= 15 is 0 Å². The third-order valence-electron chi connectivity index (χ3n) is 31.2. The second-order valence-corrected chi connectivity index (χ2v) is 42.2. The molecule has 3 aliphatic carbocycles. The highest BCUT2D eigenvalue weighted by Gasteiger charge is 2.42. The maximum absolute atomic E-state index is 6.57. The lowest BCUT2D eigenvalue weighted by Gasteiger charge is -2.22. The predicted molar refractivity (Wildman–Crippen MR) is 601 cm³/mol. The minimum Gasteiger partial charge on any atom is -0.456 e. The second kappa shape index (κ2) is 31.7. The van der Waals surface area contributed by atoms with Crippen molar-refractivity contribution in [3.05, 3.63) is 488 Å². The maximum Gasteiger partial charge on any atom is 0.140 e. The SMILES string of the molecule is CC1(C)c2ccc(-n3c4ccc(-c5ccccc5)cc4c4cc(-c5ccccc5)ccc43)cc2-c2c1ccc1c2sc2ccccc21.CC1(C)c2ccc(-n3c4ccc(-c5ccccc5)cc4c4cc(-c5ccccc5)ccc43)cc2-c2cc3sc4ccccc4c3cc21.CC1(C)c2ccc(-n3c4ccc(-c5ccccc5)cc4c4cc(-c5ccccc5)ccc43)cc2-c2ccc3c(oc4ccccc43)c21. The normalized spacial score (nSPS) is 13.5. The Balaban J connectivity index is 0.000000104. The largest absolute Gasteiger partial charge is 0.456 e. The number of hydrogen-bond acceptors (Lipinski definition) is 3. The first-order valence-corrected chi connectivity index (χ1v) is 50.7. The number of nitrogens with zero attached hydrogens (tertiary/aromatic N) is 3. The average molecular weight is 1840 g/mol. The molecule has 0 spiro atoms. The number of para-hydroxylation sites is 1. The molecule has 0 saturated carbocycles. The highest BCUT2D eigenvalue weighted by atomic mass is 32.1. The molecule has 141 heavy (non-hydrogen) atoms. The van der Waals surface area contributed by atoms with Crippen LogP contribution < -0.4 is 0 Å². The molecule has 0 saturated heterocycles. The summed E-state index contributed by atoms with van der Waals surface area (Å²) in [6.07, 6.45) is 0. The summed E-state index contributed by atoms with van der Waals surface area (Å²) < 4.78 is 19.4. The molecule has 0 aliphatic heterocycles. The summed E-state index contributed by atoms with van der Waals surface area (Å²) in [5.74, 6) is 0. The minimum absolute atomic E-state index is 0.0659. The summed E-state index contributed by atoms with van der Waals surface area (Å²) in [6.45, 7) is 14.2. The van der Waals surface area contributed by atoms with Gasteiger partial charge in [-0.1, -0.05) is 351 Å². The van der Waals surface area contributed by atoms with E-state index in [-0.39, 0.29) is 16.2 Å². The van der Waals surface area contributed by atoms with E-state index in [0.29, 0.717) is 0 Å². The first kappa shape index (κ1) is 82.5. The van der Waals surface area contributed by atoms with Crippen LogP contribution in [0.5, 0.6) is 0 Å². The monoisotopic (exact) mass is 1840 g/mol. The van der Waals surface area contributed by atoms with E-state index in [0.717, 1.165) is 16.9 Å². The van der Waals surface area contributed by atoms with Gasteiger partial charge in [0.1, 0.15) is 11.2 Å². The number of aromatic nitrogens is 3. The molecule has 30 rings (SSSR count). The van der Waals surface area contributed by atoms with Crippen LogP contribution in [0.3, 0.4) is 0 Å². The molecule has 6 aromatic heterocycles. The Kier molecular flexibility index (Phi) is 18.5. The molecule has 3 aliphatic rings. The fourth-order valence-electron chi connectivity index (χ4n) is 24.2. The quantitative estimate of drug-likeness (QED) is 0.142. The standard InChI is InChI=1S/C45H31NO.2C45H31NS/c1-45(2)39-22-19-32(27-36(39)34-20-21-35-33-15-9-10-16-42(33)47-44(35)43(34)45)46-40-23-17-30(28-11-5-3-6-12-28)25-37(40)38-26-31(18-24-41(38)46)29-13-7-4-8-14-29;1-45(2)38-21-19-32(27-37(38)43-39(45)22-20-34-33-15-9-10-16-42(33)47-44(34)43)46-40-23-17-30(28-11-5-3-6-12-28)25-35(40)36-26-31(18-24-41(36)46)29-13-7-4-8-14-29;1-45(2)39-20-19-32(25-34(39)35-27-44-38(26-40(35)45)33-15-9-10-16-43(33)47-44)46-41-21-17-30(28-11-5-3-6-12-28)23-36(41)37-24-31(18-22-42(37)46)29-13-7-4-8-14-29/h3*3-27H,1-2H3. The van der Waals surface area contributed by atoms with Crippen LogP contribution in [-0.2, 0) is 16.2 Å². The van der Waals surface area contributed by atoms with Crippen LogP contribution in [0, 0.1) is 0 Å². The summed E-state index contributed by atoms with van der Waals surface area (Å²) in [7, 11) is 0. The van der Waals surface area contributed by atoms with Crippen LogP contribution in [-0.4, -0.2) is 13.7 Å². The van der Waals surface area contributed by atoms with Crippen LogP contribution in [0.15, 0.2) is 459 Å². The van der Waals surface area contributed by atoms with Crippen LogP contribution in [0.2, 0.25) is 0 Å². The van der Waals surface area contributed by atoms with E-state index in [9.17, 15) is 0 Å². The van der Waals surface area contributed by atoms with Crippen LogP contribution in [0.25, 0.3) is 245 Å². The second-order valence-electron chi connectivity index (χ2n) is 40.1. The van der Waals surface area contributed by atoms with Gasteiger partial charge in [-0.25, -0.2) is 0 Å². The van der Waals surface area contributed by atoms with Crippen molar-refractivity contribution in [2.75, 3.05) is 0 Å². The van der Waals surface area contributed by atoms with Gasteiger partial charge in [-0.3, -0.25) is 0 Å². The summed E-state index contributed by atoms with van der Waals surface area (Å²) in [4.78, 5) is 0. The Hall–Kier alpha value is -16.7. The Labute approximate surface area is 825 Å². The van der Waals surface area contributed by atoms with Gasteiger partial charge < -0.3 is 18.1 Å². The molecule has 6 heteroatoms. The molecule has 0 bridgehead atoms. The fourth-order valence-corrected chi connectivity index (χ4v) is 26.6. The minimum atomic E-state index is -0.188. The molecular formula is C135H93N3OS2. The third kappa shape index (κ3) is 12.9. The number of thiophene rings is 2. The molecule has 0 unspecified atom stereocenters. The van der Waals surface area contributed by atoms with E-state index in [4.69, 9.17) is 4.42 Å². The van der Waals surface area contributed by atoms with Gasteiger partial charge in [0.2, 0.25) is 0 Å². The molecule has 0 amide bonds. The van der Waals surface area contributed by atoms with Crippen LogP contribution in [0.4, 0.5) is 0 Å². The number of hydrogen-bond donors (Lipinski definition) is 0. The maximum atomic E-state index is 6.57. The van der Waals surface area contributed by atoms with Gasteiger partial charge in [-0.2, -0.15) is 0 Å². The van der Waals surface area contributed by atoms with Gasteiger partial charge in [0.15, 0.2) is 0 Å². The summed E-state index contributed by atoms with van der Waals surface area (Å²) >= 11 is 3.83. The highest BCUT2D eigenvalue weighted by molar-refractivity contribution is 7.26. The van der Waals surface area contributed by atoms with Crippen molar-refractivity contribution >= 4 is 150 Å². The summed E-state index contributed by atoms with van der Waals surface area (Å²) in [6, 6.07) is 168. The lowest BCUT2D eigenvalue weighted by Crippen LogP contribution is -2.15. The first-order valence-electron chi connectivity index (χ1n) is 49.1. The Morgan fingerprint density at radius 1 is 0.191 bits per heavy atom. The van der Waals surface area contributed by atoms with Crippen molar-refractivity contribution in [1.82, 2.24) is 13.7 Å². The molecular weight excluding hydrogens is 1740 g/mol. The molecule has 4 nitrogen and oxygen atoms in total. The van der Waals surface area contributed by atoms with Gasteiger partial charge in [0, 0.05) is 128 Å². The zero-order valence-electron chi connectivity index (χ0n) is 78.9. The van der Waals surface area contributed by atoms with Crippen molar-refractivity contribution in [3.8, 4) is 117 Å². The number of fused-ring (bicyclic) bond motifs is 29. The lowest BCUT2D eigenvalue weighted by atomic mass is 9.81.